The van der Waals surface area contributed by atoms with E-state index in [4.69, 9.17) is 5.11 Å². The second-order valence-electron chi connectivity index (χ2n) is 15.3. The lowest BCUT2D eigenvalue weighted by atomic mass is 9.80. The van der Waals surface area contributed by atoms with Crippen molar-refractivity contribution >= 4 is 42.8 Å². The lowest BCUT2D eigenvalue weighted by Gasteiger charge is -2.43. The van der Waals surface area contributed by atoms with Crippen LogP contribution in [0.2, 0.25) is 0 Å². The Morgan fingerprint density at radius 1 is 0.667 bits per heavy atom. The minimum absolute atomic E-state index is 0. The molecule has 2 aliphatic heterocycles. The van der Waals surface area contributed by atoms with Gasteiger partial charge in [-0.25, -0.2) is 0 Å². The van der Waals surface area contributed by atoms with E-state index in [2.05, 4.69) is 124 Å². The van der Waals surface area contributed by atoms with Gasteiger partial charge in [-0.3, -0.25) is 4.79 Å². The van der Waals surface area contributed by atoms with Gasteiger partial charge in [-0.15, -0.1) is 0 Å². The molecule has 4 nitrogen and oxygen atoms in total. The SMILES string of the molecule is CC(=O)c1ccccc1.CC(C)(C)SC[C@@H]1Cc2ccccc2[C@@H]([C@H]2N[C@H](CSC(C)(C)C)Cc3ccccc32)N1.C[C@H](O)c1ccccc1.S. The molecule has 0 fully saturated rings. The second-order valence-corrected chi connectivity index (χ2v) is 19.0. The van der Waals surface area contributed by atoms with Gasteiger partial charge in [0.05, 0.1) is 18.2 Å². The fraction of sp³-hybridized carbons (Fsp3) is 0.432. The Kier molecular flexibility index (Phi) is 16.9. The number of carbonyl (C=O) groups is 1. The number of aliphatic hydroxyl groups is 1. The highest BCUT2D eigenvalue weighted by atomic mass is 32.2. The monoisotopic (exact) mass is 744 g/mol. The van der Waals surface area contributed by atoms with Crippen LogP contribution >= 0.6 is 37.0 Å². The molecule has 2 aliphatic rings. The molecule has 0 saturated carbocycles. The van der Waals surface area contributed by atoms with Gasteiger partial charge in [-0.2, -0.15) is 37.0 Å². The maximum absolute atomic E-state index is 10.6. The molecule has 0 aromatic heterocycles. The van der Waals surface area contributed by atoms with Crippen molar-refractivity contribution in [3.8, 4) is 0 Å². The van der Waals surface area contributed by atoms with E-state index in [0.717, 1.165) is 35.5 Å². The predicted octanol–water partition coefficient (Wildman–Crippen LogP) is 10.3. The average molecular weight is 745 g/mol. The molecule has 51 heavy (non-hydrogen) atoms. The molecule has 3 N–H and O–H groups in total. The van der Waals surface area contributed by atoms with Crippen LogP contribution in [0.25, 0.3) is 0 Å². The lowest BCUT2D eigenvalue weighted by molar-refractivity contribution is 0.101. The van der Waals surface area contributed by atoms with Gasteiger partial charge in [0.2, 0.25) is 0 Å². The third-order valence-electron chi connectivity index (χ3n) is 8.77. The summed E-state index contributed by atoms with van der Waals surface area (Å²) < 4.78 is 0.582. The van der Waals surface area contributed by atoms with Crippen LogP contribution in [0.15, 0.2) is 109 Å². The minimum Gasteiger partial charge on any atom is -0.389 e. The minimum atomic E-state index is -0.341. The smallest absolute Gasteiger partial charge is 0.159 e. The van der Waals surface area contributed by atoms with Gasteiger partial charge < -0.3 is 15.7 Å². The third kappa shape index (κ3) is 14.1. The average Bonchev–Trinajstić information content (AvgIpc) is 3.10. The molecule has 276 valence electrons. The van der Waals surface area contributed by atoms with Crippen LogP contribution in [0.1, 0.15) is 112 Å². The largest absolute Gasteiger partial charge is 0.389 e. The van der Waals surface area contributed by atoms with E-state index in [1.807, 2.05) is 60.7 Å². The Balaban J connectivity index is 0.000000301. The molecule has 0 bridgehead atoms. The molecular weight excluding hydrogens is 685 g/mol. The summed E-state index contributed by atoms with van der Waals surface area (Å²) in [5, 5.41) is 17.2. The number of carbonyl (C=O) groups excluding carboxylic acids is 1. The zero-order valence-corrected chi connectivity index (χ0v) is 34.4. The van der Waals surface area contributed by atoms with Crippen molar-refractivity contribution in [3.63, 3.8) is 0 Å². The molecule has 5 atom stereocenters. The number of aliphatic hydroxyl groups excluding tert-OH is 1. The van der Waals surface area contributed by atoms with Crippen molar-refractivity contribution in [2.24, 2.45) is 0 Å². The van der Waals surface area contributed by atoms with Gasteiger partial charge in [-0.1, -0.05) is 151 Å². The number of benzene rings is 4. The van der Waals surface area contributed by atoms with Crippen LogP contribution in [0.5, 0.6) is 0 Å². The van der Waals surface area contributed by atoms with E-state index in [9.17, 15) is 4.79 Å². The molecule has 0 aliphatic carbocycles. The lowest BCUT2D eigenvalue weighted by Crippen LogP contribution is -2.51. The summed E-state index contributed by atoms with van der Waals surface area (Å²) >= 11 is 4.15. The Morgan fingerprint density at radius 2 is 1.04 bits per heavy atom. The highest BCUT2D eigenvalue weighted by Gasteiger charge is 2.37. The van der Waals surface area contributed by atoms with Crippen LogP contribution < -0.4 is 10.6 Å². The summed E-state index contributed by atoms with van der Waals surface area (Å²) in [5.41, 5.74) is 7.72. The molecule has 0 spiro atoms. The first kappa shape index (κ1) is 42.9. The topological polar surface area (TPSA) is 61.4 Å². The summed E-state index contributed by atoms with van der Waals surface area (Å²) in [6, 6.07) is 38.6. The Hall–Kier alpha value is -2.52. The summed E-state index contributed by atoms with van der Waals surface area (Å²) in [6.45, 7) is 17.3. The van der Waals surface area contributed by atoms with Crippen LogP contribution in [-0.2, 0) is 12.8 Å². The zero-order valence-electron chi connectivity index (χ0n) is 31.8. The van der Waals surface area contributed by atoms with Crippen LogP contribution in [-0.4, -0.2) is 44.0 Å². The highest BCUT2D eigenvalue weighted by molar-refractivity contribution is 8.00. The number of ketones is 1. The molecule has 4 aromatic rings. The Morgan fingerprint density at radius 3 is 1.37 bits per heavy atom. The molecule has 0 amide bonds. The number of Topliss-reactive ketones (excluding diaryl/α,β-unsaturated/α-hetero) is 1. The number of hydrogen-bond donors (Lipinski definition) is 3. The Bertz CT molecular complexity index is 1540. The zero-order chi connectivity index (χ0) is 36.3. The normalized spacial score (nSPS) is 20.1. The first-order valence-electron chi connectivity index (χ1n) is 17.9. The molecule has 0 unspecified atom stereocenters. The van der Waals surface area contributed by atoms with Crippen LogP contribution in [0.3, 0.4) is 0 Å². The van der Waals surface area contributed by atoms with E-state index < -0.39 is 0 Å². The number of rotatable bonds is 7. The van der Waals surface area contributed by atoms with Crippen LogP contribution in [0, 0.1) is 0 Å². The van der Waals surface area contributed by atoms with Gasteiger partial charge >= 0.3 is 0 Å². The Labute approximate surface area is 323 Å². The molecule has 4 aromatic carbocycles. The predicted molar refractivity (Wildman–Crippen MR) is 228 cm³/mol. The van der Waals surface area contributed by atoms with Crippen molar-refractivity contribution in [1.82, 2.24) is 10.6 Å². The van der Waals surface area contributed by atoms with E-state index in [1.165, 1.54) is 22.3 Å². The van der Waals surface area contributed by atoms with E-state index in [0.29, 0.717) is 33.7 Å². The summed E-state index contributed by atoms with van der Waals surface area (Å²) in [7, 11) is 0. The summed E-state index contributed by atoms with van der Waals surface area (Å²) in [4.78, 5) is 10.6. The summed E-state index contributed by atoms with van der Waals surface area (Å²) in [6.07, 6.45) is 1.90. The highest BCUT2D eigenvalue weighted by Crippen LogP contribution is 2.40. The summed E-state index contributed by atoms with van der Waals surface area (Å²) in [5.74, 6) is 2.41. The molecule has 0 radical (unpaired) electrons. The van der Waals surface area contributed by atoms with Gasteiger partial charge in [0.25, 0.3) is 0 Å². The van der Waals surface area contributed by atoms with Crippen molar-refractivity contribution in [2.45, 2.75) is 108 Å². The fourth-order valence-corrected chi connectivity index (χ4v) is 8.08. The number of fused-ring (bicyclic) bond motifs is 2. The van der Waals surface area contributed by atoms with Gasteiger partial charge in [0, 0.05) is 38.6 Å². The van der Waals surface area contributed by atoms with Crippen molar-refractivity contribution in [2.75, 3.05) is 11.5 Å². The fourth-order valence-electron chi connectivity index (χ4n) is 6.25. The van der Waals surface area contributed by atoms with Crippen molar-refractivity contribution in [1.29, 1.82) is 0 Å². The first-order chi connectivity index (χ1) is 23.7. The quantitative estimate of drug-likeness (QED) is 0.164. The van der Waals surface area contributed by atoms with Crippen molar-refractivity contribution in [3.05, 3.63) is 143 Å². The molecular formula is C44H60N2O2S3. The van der Waals surface area contributed by atoms with Gasteiger partial charge in [0.15, 0.2) is 5.78 Å². The second kappa shape index (κ2) is 20.1. The maximum atomic E-state index is 10.6. The van der Waals surface area contributed by atoms with Gasteiger partial charge in [-0.05, 0) is 54.5 Å². The standard InChI is InChI=1S/C28H40N2S2.C8H10O.C8H8O.H2S/c1-27(2,3)31-17-21-15-19-11-7-9-13-23(19)25(29-21)26-24-14-10-8-12-20(24)16-22(30-26)18-32-28(4,5)6;2*1-7(9)8-5-3-2-4-6-8;/h7-14,21-22,25-26,29-30H,15-18H2,1-6H3;2-7,9H,1H3;2-6H,1H3;1H2/t21-,22-,25-,26-;7-;;/m00../s1. The first-order valence-corrected chi connectivity index (χ1v) is 19.9. The van der Waals surface area contributed by atoms with E-state index in [1.54, 1.807) is 13.8 Å². The third-order valence-corrected chi connectivity index (χ3v) is 11.6. The van der Waals surface area contributed by atoms with Crippen molar-refractivity contribution < 1.29 is 9.90 Å². The maximum Gasteiger partial charge on any atom is 0.159 e. The van der Waals surface area contributed by atoms with E-state index in [-0.39, 0.29) is 25.4 Å². The molecule has 7 heteroatoms. The number of thioether (sulfide) groups is 2. The number of hydrogen-bond acceptors (Lipinski definition) is 6. The van der Waals surface area contributed by atoms with Crippen LogP contribution in [0.4, 0.5) is 0 Å². The van der Waals surface area contributed by atoms with Gasteiger partial charge in [0.1, 0.15) is 0 Å². The number of nitrogens with one attached hydrogen (secondary N) is 2. The van der Waals surface area contributed by atoms with E-state index >= 15 is 0 Å². The molecule has 2 heterocycles. The molecule has 6 rings (SSSR count). The molecule has 0 saturated heterocycles.